The van der Waals surface area contributed by atoms with E-state index >= 15 is 0 Å². The largest absolute Gasteiger partial charge is 0.396 e. The van der Waals surface area contributed by atoms with Crippen molar-refractivity contribution >= 4 is 11.6 Å². The molecule has 1 aromatic carbocycles. The van der Waals surface area contributed by atoms with Crippen LogP contribution in [0.15, 0.2) is 18.2 Å². The van der Waals surface area contributed by atoms with E-state index in [0.717, 1.165) is 0 Å². The van der Waals surface area contributed by atoms with E-state index in [9.17, 15) is 9.50 Å². The first kappa shape index (κ1) is 13.5. The minimum Gasteiger partial charge on any atom is -0.396 e. The fraction of sp³-hybridized carbons (Fsp3) is 0.538. The summed E-state index contributed by atoms with van der Waals surface area (Å²) in [5.41, 5.74) is 0.429. The number of rotatable bonds is 3. The summed E-state index contributed by atoms with van der Waals surface area (Å²) in [5, 5.41) is 9.77. The van der Waals surface area contributed by atoms with Crippen LogP contribution in [0.1, 0.15) is 26.3 Å². The Kier molecular flexibility index (Phi) is 4.34. The molecule has 0 radical (unpaired) electrons. The second kappa shape index (κ2) is 5.15. The maximum absolute atomic E-state index is 13.6. The number of hydrogen-bond acceptors (Lipinski definition) is 1. The molecular formula is C13H18ClFO. The van der Waals surface area contributed by atoms with Gasteiger partial charge in [-0.25, -0.2) is 4.39 Å². The van der Waals surface area contributed by atoms with Crippen LogP contribution < -0.4 is 0 Å². The van der Waals surface area contributed by atoms with Crippen molar-refractivity contribution in [1.82, 2.24) is 0 Å². The summed E-state index contributed by atoms with van der Waals surface area (Å²) in [5.74, 6) is -0.294. The Bertz CT molecular complexity index is 337. The van der Waals surface area contributed by atoms with Crippen molar-refractivity contribution in [1.29, 1.82) is 0 Å². The lowest BCUT2D eigenvalue weighted by molar-refractivity contribution is 0.130. The Morgan fingerprint density at radius 1 is 1.38 bits per heavy atom. The van der Waals surface area contributed by atoms with E-state index in [2.05, 4.69) is 0 Å². The van der Waals surface area contributed by atoms with E-state index in [4.69, 9.17) is 11.6 Å². The quantitative estimate of drug-likeness (QED) is 0.860. The first-order valence-electron chi connectivity index (χ1n) is 5.40. The van der Waals surface area contributed by atoms with Gasteiger partial charge in [-0.15, -0.1) is 0 Å². The Labute approximate surface area is 101 Å². The molecule has 1 N–H and O–H groups in total. The molecular weight excluding hydrogens is 227 g/mol. The van der Waals surface area contributed by atoms with Crippen molar-refractivity contribution in [2.45, 2.75) is 27.2 Å². The van der Waals surface area contributed by atoms with Gasteiger partial charge in [-0.05, 0) is 29.9 Å². The van der Waals surface area contributed by atoms with Gasteiger partial charge < -0.3 is 5.11 Å². The van der Waals surface area contributed by atoms with Crippen molar-refractivity contribution in [2.75, 3.05) is 6.61 Å². The van der Waals surface area contributed by atoms with Gasteiger partial charge in [0.15, 0.2) is 0 Å². The van der Waals surface area contributed by atoms with Crippen molar-refractivity contribution in [2.24, 2.45) is 11.3 Å². The van der Waals surface area contributed by atoms with Crippen LogP contribution in [0.4, 0.5) is 4.39 Å². The summed E-state index contributed by atoms with van der Waals surface area (Å²) in [4.78, 5) is 0. The average Bonchev–Trinajstić information content (AvgIpc) is 2.15. The van der Waals surface area contributed by atoms with E-state index in [1.807, 2.05) is 20.8 Å². The lowest BCUT2D eigenvalue weighted by Crippen LogP contribution is -2.26. The highest BCUT2D eigenvalue weighted by Crippen LogP contribution is 2.31. The normalized spacial score (nSPS) is 13.9. The highest BCUT2D eigenvalue weighted by atomic mass is 35.5. The fourth-order valence-electron chi connectivity index (χ4n) is 1.62. The number of aliphatic hydroxyl groups is 1. The molecule has 0 amide bonds. The third-order valence-corrected chi connectivity index (χ3v) is 3.31. The molecule has 0 aliphatic carbocycles. The van der Waals surface area contributed by atoms with Crippen LogP contribution in [-0.2, 0) is 6.42 Å². The number of benzene rings is 1. The van der Waals surface area contributed by atoms with Gasteiger partial charge in [-0.3, -0.25) is 0 Å². The number of hydrogen-bond donors (Lipinski definition) is 1. The molecule has 0 spiro atoms. The SMILES string of the molecule is CC(C)(C)C(CO)Cc1c(F)cccc1Cl. The smallest absolute Gasteiger partial charge is 0.127 e. The van der Waals surface area contributed by atoms with Gasteiger partial charge in [0.1, 0.15) is 5.82 Å². The second-order valence-corrected chi connectivity index (χ2v) is 5.56. The predicted molar refractivity (Wildman–Crippen MR) is 65.1 cm³/mol. The standard InChI is InChI=1S/C13H18ClFO/c1-13(2,3)9(8-16)7-10-11(14)5-4-6-12(10)15/h4-6,9,16H,7-8H2,1-3H3. The van der Waals surface area contributed by atoms with E-state index in [0.29, 0.717) is 17.0 Å². The lowest BCUT2D eigenvalue weighted by Gasteiger charge is -2.29. The minimum absolute atomic E-state index is 0.00176. The van der Waals surface area contributed by atoms with E-state index in [1.165, 1.54) is 6.07 Å². The van der Waals surface area contributed by atoms with Crippen LogP contribution in [0, 0.1) is 17.2 Å². The van der Waals surface area contributed by atoms with Crippen molar-refractivity contribution in [3.8, 4) is 0 Å². The maximum Gasteiger partial charge on any atom is 0.127 e. The summed E-state index contributed by atoms with van der Waals surface area (Å²) in [7, 11) is 0. The molecule has 3 heteroatoms. The molecule has 0 aliphatic heterocycles. The van der Waals surface area contributed by atoms with Gasteiger partial charge in [-0.1, -0.05) is 38.4 Å². The van der Waals surface area contributed by atoms with Crippen molar-refractivity contribution in [3.63, 3.8) is 0 Å². The zero-order valence-electron chi connectivity index (χ0n) is 9.93. The molecule has 0 aromatic heterocycles. The molecule has 0 saturated carbocycles. The second-order valence-electron chi connectivity index (χ2n) is 5.15. The first-order chi connectivity index (χ1) is 7.36. The monoisotopic (exact) mass is 244 g/mol. The maximum atomic E-state index is 13.6. The molecule has 1 nitrogen and oxygen atoms in total. The third kappa shape index (κ3) is 3.19. The summed E-state index contributed by atoms with van der Waals surface area (Å²) in [6, 6.07) is 4.67. The van der Waals surface area contributed by atoms with E-state index in [-0.39, 0.29) is 23.8 Å². The fourth-order valence-corrected chi connectivity index (χ4v) is 1.86. The molecule has 16 heavy (non-hydrogen) atoms. The summed E-state index contributed by atoms with van der Waals surface area (Å²) < 4.78 is 13.6. The van der Waals surface area contributed by atoms with Gasteiger partial charge in [-0.2, -0.15) is 0 Å². The topological polar surface area (TPSA) is 20.2 Å². The summed E-state index contributed by atoms with van der Waals surface area (Å²) in [6.45, 7) is 6.13. The molecule has 0 saturated heterocycles. The number of halogens is 2. The molecule has 0 heterocycles. The van der Waals surface area contributed by atoms with Gasteiger partial charge in [0, 0.05) is 17.2 Å². The molecule has 0 aliphatic rings. The van der Waals surface area contributed by atoms with Crippen LogP contribution in [0.25, 0.3) is 0 Å². The van der Waals surface area contributed by atoms with Crippen molar-refractivity contribution < 1.29 is 9.50 Å². The molecule has 1 rings (SSSR count). The molecule has 1 aromatic rings. The summed E-state index contributed by atoms with van der Waals surface area (Å²) in [6.07, 6.45) is 0.464. The summed E-state index contributed by atoms with van der Waals surface area (Å²) >= 11 is 5.96. The Hall–Kier alpha value is -0.600. The van der Waals surface area contributed by atoms with Crippen LogP contribution >= 0.6 is 11.6 Å². The first-order valence-corrected chi connectivity index (χ1v) is 5.77. The predicted octanol–water partition coefficient (Wildman–Crippen LogP) is 3.68. The van der Waals surface area contributed by atoms with Crippen LogP contribution in [0.3, 0.4) is 0 Å². The van der Waals surface area contributed by atoms with Gasteiger partial charge in [0.25, 0.3) is 0 Å². The zero-order chi connectivity index (χ0) is 12.3. The van der Waals surface area contributed by atoms with Crippen molar-refractivity contribution in [3.05, 3.63) is 34.6 Å². The highest BCUT2D eigenvalue weighted by molar-refractivity contribution is 6.31. The van der Waals surface area contributed by atoms with Crippen LogP contribution in [0.2, 0.25) is 5.02 Å². The molecule has 1 atom stereocenters. The minimum atomic E-state index is -0.296. The van der Waals surface area contributed by atoms with Crippen LogP contribution in [0.5, 0.6) is 0 Å². The molecule has 1 unspecified atom stereocenters. The molecule has 0 fully saturated rings. The number of aliphatic hydroxyl groups excluding tert-OH is 1. The Morgan fingerprint density at radius 2 is 2.00 bits per heavy atom. The molecule has 0 bridgehead atoms. The third-order valence-electron chi connectivity index (χ3n) is 2.96. The average molecular weight is 245 g/mol. The van der Waals surface area contributed by atoms with E-state index < -0.39 is 0 Å². The highest BCUT2D eigenvalue weighted by Gasteiger charge is 2.25. The molecule has 90 valence electrons. The zero-order valence-corrected chi connectivity index (χ0v) is 10.7. The van der Waals surface area contributed by atoms with Crippen LogP contribution in [-0.4, -0.2) is 11.7 Å². The Morgan fingerprint density at radius 3 is 2.44 bits per heavy atom. The van der Waals surface area contributed by atoms with E-state index in [1.54, 1.807) is 12.1 Å². The lowest BCUT2D eigenvalue weighted by atomic mass is 9.77. The Balaban J connectivity index is 2.95. The van der Waals surface area contributed by atoms with Gasteiger partial charge >= 0.3 is 0 Å². The van der Waals surface area contributed by atoms with Gasteiger partial charge in [0.2, 0.25) is 0 Å². The van der Waals surface area contributed by atoms with Gasteiger partial charge in [0.05, 0.1) is 0 Å².